The highest BCUT2D eigenvalue weighted by Gasteiger charge is 2.44. The van der Waals surface area contributed by atoms with Gasteiger partial charge in [-0.25, -0.2) is 8.42 Å². The smallest absolute Gasteiger partial charge is 0.245 e. The Morgan fingerprint density at radius 1 is 1.06 bits per heavy atom. The minimum atomic E-state index is -3.70. The Kier molecular flexibility index (Phi) is 6.48. The Hall–Kier alpha value is -3.01. The minimum Gasteiger partial charge on any atom is -0.354 e. The number of amides is 2. The molecule has 2 aliphatic heterocycles. The van der Waals surface area contributed by atoms with Crippen molar-refractivity contribution in [2.24, 2.45) is 11.8 Å². The number of rotatable bonds is 7. The number of hydrogen-bond donors (Lipinski definition) is 2. The maximum Gasteiger partial charge on any atom is 0.245 e. The third-order valence-corrected chi connectivity index (χ3v) is 9.00. The highest BCUT2D eigenvalue weighted by Crippen LogP contribution is 2.47. The molecule has 5 atom stereocenters. The predicted octanol–water partition coefficient (Wildman–Crippen LogP) is 2.86. The molecule has 9 heteroatoms. The van der Waals surface area contributed by atoms with Crippen molar-refractivity contribution in [2.45, 2.75) is 42.4 Å². The first-order valence-electron chi connectivity index (χ1n) is 11.9. The Morgan fingerprint density at radius 3 is 2.51 bits per heavy atom. The fraction of sp³-hybridized carbons (Fsp3) is 0.385. The zero-order valence-electron chi connectivity index (χ0n) is 19.3. The molecule has 3 aliphatic rings. The van der Waals surface area contributed by atoms with Crippen LogP contribution in [0.1, 0.15) is 30.7 Å². The predicted molar refractivity (Wildman–Crippen MR) is 131 cm³/mol. The monoisotopic (exact) mass is 495 g/mol. The van der Waals surface area contributed by atoms with Gasteiger partial charge in [-0.3, -0.25) is 9.59 Å². The number of piperidine rings is 1. The molecule has 8 nitrogen and oxygen atoms in total. The van der Waals surface area contributed by atoms with Gasteiger partial charge < -0.3 is 15.4 Å². The first-order chi connectivity index (χ1) is 16.8. The van der Waals surface area contributed by atoms with Crippen LogP contribution in [0.5, 0.6) is 0 Å². The van der Waals surface area contributed by atoms with Gasteiger partial charge in [-0.05, 0) is 67.0 Å². The molecule has 184 valence electrons. The van der Waals surface area contributed by atoms with E-state index in [1.54, 1.807) is 12.1 Å². The number of carbonyl (C=O) groups is 2. The van der Waals surface area contributed by atoms with Gasteiger partial charge in [0.25, 0.3) is 0 Å². The number of sulfonamides is 1. The molecule has 5 unspecified atom stereocenters. The average Bonchev–Trinajstić information content (AvgIpc) is 3.58. The molecule has 35 heavy (non-hydrogen) atoms. The molecule has 0 bridgehead atoms. The SMILES string of the molecule is C=CC(=O)NC1CC2CCN(S(=O)(=O)c3ccc(NC(=O)C4CC4c4ccccc4)cc3)CC2O1. The van der Waals surface area contributed by atoms with E-state index in [-0.39, 0.29) is 47.1 Å². The second-order valence-corrected chi connectivity index (χ2v) is 11.3. The second-order valence-electron chi connectivity index (χ2n) is 9.40. The van der Waals surface area contributed by atoms with Crippen LogP contribution in [0.3, 0.4) is 0 Å². The normalized spacial score (nSPS) is 28.1. The van der Waals surface area contributed by atoms with Crippen LogP contribution in [0.2, 0.25) is 0 Å². The summed E-state index contributed by atoms with van der Waals surface area (Å²) in [6, 6.07) is 16.3. The third kappa shape index (κ3) is 5.03. The van der Waals surface area contributed by atoms with E-state index in [0.717, 1.165) is 6.42 Å². The van der Waals surface area contributed by atoms with E-state index < -0.39 is 16.3 Å². The highest BCUT2D eigenvalue weighted by molar-refractivity contribution is 7.89. The van der Waals surface area contributed by atoms with Crippen LogP contribution in [0.15, 0.2) is 72.1 Å². The number of hydrogen-bond acceptors (Lipinski definition) is 5. The molecule has 5 rings (SSSR count). The number of fused-ring (bicyclic) bond motifs is 1. The molecule has 2 aromatic carbocycles. The van der Waals surface area contributed by atoms with Gasteiger partial charge >= 0.3 is 0 Å². The highest BCUT2D eigenvalue weighted by atomic mass is 32.2. The maximum absolute atomic E-state index is 13.2. The summed E-state index contributed by atoms with van der Waals surface area (Å²) >= 11 is 0. The van der Waals surface area contributed by atoms with Crippen LogP contribution in [-0.2, 0) is 24.3 Å². The van der Waals surface area contributed by atoms with Crippen LogP contribution in [0.4, 0.5) is 5.69 Å². The number of nitrogens with one attached hydrogen (secondary N) is 2. The summed E-state index contributed by atoms with van der Waals surface area (Å²) in [4.78, 5) is 24.4. The summed E-state index contributed by atoms with van der Waals surface area (Å²) in [5.41, 5.74) is 1.74. The second kappa shape index (κ2) is 9.56. The van der Waals surface area contributed by atoms with E-state index in [2.05, 4.69) is 17.2 Å². The fourth-order valence-electron chi connectivity index (χ4n) is 5.08. The van der Waals surface area contributed by atoms with E-state index in [4.69, 9.17) is 4.74 Å². The van der Waals surface area contributed by atoms with Gasteiger partial charge in [-0.2, -0.15) is 4.31 Å². The Bertz CT molecular complexity index is 1220. The number of ether oxygens (including phenoxy) is 1. The molecule has 2 saturated heterocycles. The van der Waals surface area contributed by atoms with Crippen LogP contribution < -0.4 is 10.6 Å². The fourth-order valence-corrected chi connectivity index (χ4v) is 6.55. The molecule has 2 N–H and O–H groups in total. The van der Waals surface area contributed by atoms with Crippen LogP contribution in [-0.4, -0.2) is 50.0 Å². The van der Waals surface area contributed by atoms with Gasteiger partial charge in [0.1, 0.15) is 6.23 Å². The average molecular weight is 496 g/mol. The molecule has 3 fully saturated rings. The molecule has 2 heterocycles. The number of nitrogens with zero attached hydrogens (tertiary/aromatic N) is 1. The molecular formula is C26H29N3O5S. The lowest BCUT2D eigenvalue weighted by atomic mass is 9.94. The van der Waals surface area contributed by atoms with E-state index >= 15 is 0 Å². The minimum absolute atomic E-state index is 0.0481. The molecule has 0 aromatic heterocycles. The van der Waals surface area contributed by atoms with Crippen molar-refractivity contribution in [1.82, 2.24) is 9.62 Å². The topological polar surface area (TPSA) is 105 Å². The Balaban J connectivity index is 1.18. The maximum atomic E-state index is 13.2. The Labute approximate surface area is 205 Å². The van der Waals surface area contributed by atoms with Gasteiger partial charge in [0.05, 0.1) is 11.0 Å². The molecule has 0 spiro atoms. The third-order valence-electron chi connectivity index (χ3n) is 7.12. The van der Waals surface area contributed by atoms with Gasteiger partial charge in [-0.1, -0.05) is 36.9 Å². The summed E-state index contributed by atoms with van der Waals surface area (Å²) in [5.74, 6) is 0.0294. The van der Waals surface area contributed by atoms with E-state index in [1.165, 1.54) is 28.1 Å². The van der Waals surface area contributed by atoms with Crippen molar-refractivity contribution in [3.63, 3.8) is 0 Å². The zero-order valence-corrected chi connectivity index (χ0v) is 20.1. The first-order valence-corrected chi connectivity index (χ1v) is 13.3. The summed E-state index contributed by atoms with van der Waals surface area (Å²) < 4.78 is 33.8. The van der Waals surface area contributed by atoms with Gasteiger partial charge in [0.15, 0.2) is 0 Å². The number of anilines is 1. The van der Waals surface area contributed by atoms with Crippen molar-refractivity contribution in [1.29, 1.82) is 0 Å². The van der Waals surface area contributed by atoms with E-state index in [9.17, 15) is 18.0 Å². The van der Waals surface area contributed by atoms with Crippen molar-refractivity contribution in [3.05, 3.63) is 72.8 Å². The molecule has 1 aliphatic carbocycles. The molecule has 2 aromatic rings. The quantitative estimate of drug-likeness (QED) is 0.575. The summed E-state index contributed by atoms with van der Waals surface area (Å²) in [7, 11) is -3.70. The lowest BCUT2D eigenvalue weighted by molar-refractivity contribution is -0.120. The summed E-state index contributed by atoms with van der Waals surface area (Å²) in [6.07, 6.45) is 2.67. The Morgan fingerprint density at radius 2 is 1.80 bits per heavy atom. The van der Waals surface area contributed by atoms with Crippen LogP contribution in [0.25, 0.3) is 0 Å². The van der Waals surface area contributed by atoms with E-state index in [1.807, 2.05) is 30.3 Å². The zero-order chi connectivity index (χ0) is 24.6. The van der Waals surface area contributed by atoms with Crippen molar-refractivity contribution in [2.75, 3.05) is 18.4 Å². The van der Waals surface area contributed by atoms with Gasteiger partial charge in [0, 0.05) is 24.7 Å². The van der Waals surface area contributed by atoms with Crippen molar-refractivity contribution in [3.8, 4) is 0 Å². The van der Waals surface area contributed by atoms with Crippen molar-refractivity contribution >= 4 is 27.5 Å². The molecule has 0 radical (unpaired) electrons. The van der Waals surface area contributed by atoms with Gasteiger partial charge in [-0.15, -0.1) is 0 Å². The van der Waals surface area contributed by atoms with E-state index in [0.29, 0.717) is 25.1 Å². The molecule has 2 amide bonds. The standard InChI is InChI=1S/C26H29N3O5S/c1-2-24(30)28-25-14-18-12-13-29(16-23(18)34-25)35(32,33)20-10-8-19(9-11-20)27-26(31)22-15-21(22)17-6-4-3-5-7-17/h2-11,18,21-23,25H,1,12-16H2,(H,27,31)(H,28,30). The number of benzene rings is 2. The van der Waals surface area contributed by atoms with Crippen LogP contribution in [0, 0.1) is 11.8 Å². The summed E-state index contributed by atoms with van der Waals surface area (Å²) in [6.45, 7) is 4.09. The lowest BCUT2D eigenvalue weighted by Crippen LogP contribution is -2.45. The lowest BCUT2D eigenvalue weighted by Gasteiger charge is -2.33. The van der Waals surface area contributed by atoms with Crippen molar-refractivity contribution < 1.29 is 22.7 Å². The molecular weight excluding hydrogens is 466 g/mol. The van der Waals surface area contributed by atoms with Crippen LogP contribution >= 0.6 is 0 Å². The first kappa shape index (κ1) is 23.7. The molecule has 1 saturated carbocycles. The van der Waals surface area contributed by atoms with Gasteiger partial charge in [0.2, 0.25) is 21.8 Å². The summed E-state index contributed by atoms with van der Waals surface area (Å²) in [5, 5.41) is 5.64. The number of carbonyl (C=O) groups excluding carboxylic acids is 2. The largest absolute Gasteiger partial charge is 0.354 e.